The van der Waals surface area contributed by atoms with Crippen LogP contribution < -0.4 is 15.8 Å². The van der Waals surface area contributed by atoms with Crippen molar-refractivity contribution in [3.63, 3.8) is 0 Å². The first-order chi connectivity index (χ1) is 7.71. The Bertz CT molecular complexity index is 364. The standard InChI is InChI=1S/C12H18N2O2/c1-3-10-5-4-9(7-13)6-11(10)16-8-12(15)14-2/h4-6H,3,7-8,13H2,1-2H3,(H,14,15). The molecule has 4 heteroatoms. The first-order valence-corrected chi connectivity index (χ1v) is 5.36. The second kappa shape index (κ2) is 6.12. The van der Waals surface area contributed by atoms with Gasteiger partial charge in [-0.2, -0.15) is 0 Å². The van der Waals surface area contributed by atoms with Gasteiger partial charge in [0.15, 0.2) is 6.61 Å². The van der Waals surface area contributed by atoms with Gasteiger partial charge in [-0.25, -0.2) is 0 Å². The number of ether oxygens (including phenoxy) is 1. The summed E-state index contributed by atoms with van der Waals surface area (Å²) in [7, 11) is 1.59. The first kappa shape index (κ1) is 12.5. The number of hydrogen-bond donors (Lipinski definition) is 2. The fraction of sp³-hybridized carbons (Fsp3) is 0.417. The Morgan fingerprint density at radius 1 is 1.50 bits per heavy atom. The Labute approximate surface area is 95.8 Å². The number of rotatable bonds is 5. The highest BCUT2D eigenvalue weighted by Gasteiger charge is 2.05. The lowest BCUT2D eigenvalue weighted by Gasteiger charge is -2.11. The molecule has 0 aliphatic heterocycles. The molecular formula is C12H18N2O2. The van der Waals surface area contributed by atoms with E-state index in [1.807, 2.05) is 25.1 Å². The fourth-order valence-electron chi connectivity index (χ4n) is 1.37. The van der Waals surface area contributed by atoms with E-state index in [2.05, 4.69) is 5.32 Å². The van der Waals surface area contributed by atoms with Gasteiger partial charge >= 0.3 is 0 Å². The topological polar surface area (TPSA) is 64.3 Å². The number of benzene rings is 1. The van der Waals surface area contributed by atoms with Crippen molar-refractivity contribution in [1.29, 1.82) is 0 Å². The van der Waals surface area contributed by atoms with Crippen molar-refractivity contribution in [2.75, 3.05) is 13.7 Å². The molecule has 0 aliphatic rings. The smallest absolute Gasteiger partial charge is 0.257 e. The van der Waals surface area contributed by atoms with E-state index in [1.165, 1.54) is 0 Å². The molecule has 4 nitrogen and oxygen atoms in total. The van der Waals surface area contributed by atoms with Gasteiger partial charge in [0.1, 0.15) is 5.75 Å². The molecule has 0 spiro atoms. The second-order valence-corrected chi connectivity index (χ2v) is 3.46. The number of nitrogens with one attached hydrogen (secondary N) is 1. The minimum absolute atomic E-state index is 0.0392. The van der Waals surface area contributed by atoms with Crippen molar-refractivity contribution in [2.45, 2.75) is 19.9 Å². The molecule has 1 aromatic rings. The van der Waals surface area contributed by atoms with Crippen LogP contribution in [0.5, 0.6) is 5.75 Å². The zero-order valence-electron chi connectivity index (χ0n) is 9.75. The summed E-state index contributed by atoms with van der Waals surface area (Å²) in [6.45, 7) is 2.56. The number of aryl methyl sites for hydroxylation is 1. The van der Waals surface area contributed by atoms with E-state index in [4.69, 9.17) is 10.5 Å². The summed E-state index contributed by atoms with van der Waals surface area (Å²) in [5.74, 6) is 0.606. The molecule has 0 saturated carbocycles. The third-order valence-corrected chi connectivity index (χ3v) is 2.39. The van der Waals surface area contributed by atoms with Crippen molar-refractivity contribution in [1.82, 2.24) is 5.32 Å². The molecule has 0 unspecified atom stereocenters. The van der Waals surface area contributed by atoms with Crippen molar-refractivity contribution >= 4 is 5.91 Å². The van der Waals surface area contributed by atoms with Crippen LogP contribution in [0.1, 0.15) is 18.1 Å². The lowest BCUT2D eigenvalue weighted by atomic mass is 10.1. The van der Waals surface area contributed by atoms with Crippen molar-refractivity contribution in [2.24, 2.45) is 5.73 Å². The third-order valence-electron chi connectivity index (χ3n) is 2.39. The van der Waals surface area contributed by atoms with Crippen LogP contribution in [-0.2, 0) is 17.8 Å². The highest BCUT2D eigenvalue weighted by molar-refractivity contribution is 5.77. The Kier molecular flexibility index (Phi) is 4.79. The van der Waals surface area contributed by atoms with Gasteiger partial charge in [0.25, 0.3) is 5.91 Å². The molecule has 0 aliphatic carbocycles. The van der Waals surface area contributed by atoms with Gasteiger partial charge in [0.2, 0.25) is 0 Å². The van der Waals surface area contributed by atoms with Gasteiger partial charge in [-0.15, -0.1) is 0 Å². The monoisotopic (exact) mass is 222 g/mol. The number of likely N-dealkylation sites (N-methyl/N-ethyl adjacent to an activating group) is 1. The third kappa shape index (κ3) is 3.24. The Hall–Kier alpha value is -1.55. The molecule has 0 atom stereocenters. The van der Waals surface area contributed by atoms with E-state index in [0.717, 1.165) is 23.3 Å². The molecule has 3 N–H and O–H groups in total. The van der Waals surface area contributed by atoms with Crippen molar-refractivity contribution in [3.05, 3.63) is 29.3 Å². The normalized spacial score (nSPS) is 9.94. The maximum absolute atomic E-state index is 11.1. The quantitative estimate of drug-likeness (QED) is 0.775. The Morgan fingerprint density at radius 3 is 2.81 bits per heavy atom. The van der Waals surface area contributed by atoms with E-state index < -0.39 is 0 Å². The van der Waals surface area contributed by atoms with Crippen LogP contribution in [-0.4, -0.2) is 19.6 Å². The molecule has 0 radical (unpaired) electrons. The molecule has 1 aromatic carbocycles. The lowest BCUT2D eigenvalue weighted by Crippen LogP contribution is -2.25. The molecule has 88 valence electrons. The molecular weight excluding hydrogens is 204 g/mol. The van der Waals surface area contributed by atoms with Gasteiger partial charge in [-0.1, -0.05) is 19.1 Å². The van der Waals surface area contributed by atoms with E-state index in [-0.39, 0.29) is 12.5 Å². The van der Waals surface area contributed by atoms with Gasteiger partial charge in [-0.3, -0.25) is 4.79 Å². The SMILES string of the molecule is CCc1ccc(CN)cc1OCC(=O)NC. The van der Waals surface area contributed by atoms with Crippen LogP contribution in [0.15, 0.2) is 18.2 Å². The number of nitrogens with two attached hydrogens (primary N) is 1. The Morgan fingerprint density at radius 2 is 2.25 bits per heavy atom. The molecule has 0 bridgehead atoms. The van der Waals surface area contributed by atoms with E-state index >= 15 is 0 Å². The van der Waals surface area contributed by atoms with Crippen molar-refractivity contribution in [3.8, 4) is 5.75 Å². The second-order valence-electron chi connectivity index (χ2n) is 3.46. The highest BCUT2D eigenvalue weighted by atomic mass is 16.5. The fourth-order valence-corrected chi connectivity index (χ4v) is 1.37. The van der Waals surface area contributed by atoms with Crippen LogP contribution >= 0.6 is 0 Å². The Balaban J connectivity index is 2.78. The number of carbonyl (C=O) groups excluding carboxylic acids is 1. The summed E-state index contributed by atoms with van der Waals surface area (Å²) in [6.07, 6.45) is 0.869. The largest absolute Gasteiger partial charge is 0.483 e. The zero-order valence-corrected chi connectivity index (χ0v) is 9.75. The van der Waals surface area contributed by atoms with Gasteiger partial charge in [0.05, 0.1) is 0 Å². The predicted octanol–water partition coefficient (Wildman–Crippen LogP) is 0.833. The summed E-state index contributed by atoms with van der Waals surface area (Å²) >= 11 is 0. The van der Waals surface area contributed by atoms with Crippen LogP contribution in [0.3, 0.4) is 0 Å². The highest BCUT2D eigenvalue weighted by Crippen LogP contribution is 2.20. The summed E-state index contributed by atoms with van der Waals surface area (Å²) in [4.78, 5) is 11.1. The van der Waals surface area contributed by atoms with Gasteiger partial charge in [-0.05, 0) is 23.6 Å². The number of carbonyl (C=O) groups is 1. The maximum Gasteiger partial charge on any atom is 0.257 e. The van der Waals surface area contributed by atoms with Gasteiger partial charge in [0, 0.05) is 13.6 Å². The number of amides is 1. The van der Waals surface area contributed by atoms with Crippen molar-refractivity contribution < 1.29 is 9.53 Å². The van der Waals surface area contributed by atoms with E-state index in [0.29, 0.717) is 6.54 Å². The first-order valence-electron chi connectivity index (χ1n) is 5.36. The van der Waals surface area contributed by atoms with Crippen LogP contribution in [0, 0.1) is 0 Å². The summed E-state index contributed by atoms with van der Waals surface area (Å²) in [5, 5.41) is 2.51. The van der Waals surface area contributed by atoms with Crippen LogP contribution in [0.4, 0.5) is 0 Å². The maximum atomic E-state index is 11.1. The molecule has 16 heavy (non-hydrogen) atoms. The molecule has 0 fully saturated rings. The molecule has 1 rings (SSSR count). The molecule has 0 aromatic heterocycles. The predicted molar refractivity (Wildman–Crippen MR) is 63.3 cm³/mol. The summed E-state index contributed by atoms with van der Waals surface area (Å²) < 4.78 is 5.46. The van der Waals surface area contributed by atoms with E-state index in [1.54, 1.807) is 7.05 Å². The average molecular weight is 222 g/mol. The van der Waals surface area contributed by atoms with E-state index in [9.17, 15) is 4.79 Å². The minimum Gasteiger partial charge on any atom is -0.483 e. The molecule has 0 heterocycles. The van der Waals surface area contributed by atoms with Crippen LogP contribution in [0.2, 0.25) is 0 Å². The average Bonchev–Trinajstić information content (AvgIpc) is 2.35. The van der Waals surface area contributed by atoms with Gasteiger partial charge < -0.3 is 15.8 Å². The zero-order chi connectivity index (χ0) is 12.0. The number of hydrogen-bond acceptors (Lipinski definition) is 3. The minimum atomic E-state index is -0.139. The van der Waals surface area contributed by atoms with Crippen LogP contribution in [0.25, 0.3) is 0 Å². The summed E-state index contributed by atoms with van der Waals surface area (Å²) in [5.41, 5.74) is 7.65. The molecule has 0 saturated heterocycles. The summed E-state index contributed by atoms with van der Waals surface area (Å²) in [6, 6.07) is 5.86. The molecule has 1 amide bonds. The lowest BCUT2D eigenvalue weighted by molar-refractivity contribution is -0.122.